The zero-order valence-corrected chi connectivity index (χ0v) is 5.51. The summed E-state index contributed by atoms with van der Waals surface area (Å²) < 4.78 is 10.9. The van der Waals surface area contributed by atoms with E-state index in [-0.39, 0.29) is 0 Å². The van der Waals surface area contributed by atoms with Crippen molar-refractivity contribution in [2.75, 3.05) is 13.2 Å². The van der Waals surface area contributed by atoms with Crippen molar-refractivity contribution >= 4 is 0 Å². The Kier molecular flexibility index (Phi) is 1.44. The quantitative estimate of drug-likeness (QED) is 0.483. The molecular weight excluding hydrogens is 116 g/mol. The Hall–Kier alpha value is -0.0800. The van der Waals surface area contributed by atoms with Crippen LogP contribution < -0.4 is 0 Å². The lowest BCUT2D eigenvalue weighted by Crippen LogP contribution is -2.36. The standard InChI is InChI=1S/C7H12O2/c1-3-8-7-2-4-9-6(1)5-7/h6-7H,1-5H2/t6-,7?/m1/s1. The zero-order valence-electron chi connectivity index (χ0n) is 5.51. The Balaban J connectivity index is 1.96. The van der Waals surface area contributed by atoms with Crippen molar-refractivity contribution in [2.45, 2.75) is 31.5 Å². The molecule has 52 valence electrons. The van der Waals surface area contributed by atoms with Crippen molar-refractivity contribution < 1.29 is 9.47 Å². The van der Waals surface area contributed by atoms with Crippen molar-refractivity contribution in [3.63, 3.8) is 0 Å². The van der Waals surface area contributed by atoms with E-state index in [1.54, 1.807) is 0 Å². The Morgan fingerprint density at radius 2 is 1.44 bits per heavy atom. The van der Waals surface area contributed by atoms with Crippen LogP contribution in [0, 0.1) is 0 Å². The molecule has 0 radical (unpaired) electrons. The molecular formula is C7H12O2. The van der Waals surface area contributed by atoms with Gasteiger partial charge in [-0.15, -0.1) is 0 Å². The van der Waals surface area contributed by atoms with Gasteiger partial charge in [-0.05, 0) is 19.3 Å². The molecule has 2 heterocycles. The fourth-order valence-electron chi connectivity index (χ4n) is 1.56. The van der Waals surface area contributed by atoms with Gasteiger partial charge in [0.2, 0.25) is 0 Å². The van der Waals surface area contributed by atoms with Gasteiger partial charge >= 0.3 is 0 Å². The first-order chi connectivity index (χ1) is 4.45. The summed E-state index contributed by atoms with van der Waals surface area (Å²) in [4.78, 5) is 0. The Morgan fingerprint density at radius 3 is 1.89 bits per heavy atom. The molecule has 1 unspecified atom stereocenters. The highest BCUT2D eigenvalue weighted by Crippen LogP contribution is 2.23. The van der Waals surface area contributed by atoms with Crippen LogP contribution >= 0.6 is 0 Å². The van der Waals surface area contributed by atoms with E-state index >= 15 is 0 Å². The first-order valence-corrected chi connectivity index (χ1v) is 3.68. The second-order valence-corrected chi connectivity index (χ2v) is 2.80. The molecule has 2 atom stereocenters. The molecule has 0 aromatic carbocycles. The highest BCUT2D eigenvalue weighted by Gasteiger charge is 2.26. The van der Waals surface area contributed by atoms with Gasteiger partial charge in [0.25, 0.3) is 0 Å². The number of hydrogen-bond acceptors (Lipinski definition) is 2. The van der Waals surface area contributed by atoms with Gasteiger partial charge in [-0.2, -0.15) is 0 Å². The second kappa shape index (κ2) is 2.27. The van der Waals surface area contributed by atoms with E-state index in [1.807, 2.05) is 0 Å². The number of fused-ring (bicyclic) bond motifs is 2. The van der Waals surface area contributed by atoms with Gasteiger partial charge in [-0.3, -0.25) is 0 Å². The number of hydrogen-bond donors (Lipinski definition) is 0. The number of rotatable bonds is 0. The molecule has 0 amide bonds. The third kappa shape index (κ3) is 1.10. The molecule has 0 spiro atoms. The normalized spacial score (nSPS) is 42.7. The van der Waals surface area contributed by atoms with Gasteiger partial charge < -0.3 is 9.47 Å². The molecule has 2 aliphatic rings. The van der Waals surface area contributed by atoms with Crippen LogP contribution in [0.15, 0.2) is 0 Å². The maximum atomic E-state index is 5.47. The zero-order chi connectivity index (χ0) is 6.10. The minimum Gasteiger partial charge on any atom is -0.378 e. The highest BCUT2D eigenvalue weighted by atomic mass is 16.5. The second-order valence-electron chi connectivity index (χ2n) is 2.80. The first kappa shape index (κ1) is 5.69. The molecule has 0 saturated carbocycles. The molecule has 2 nitrogen and oxygen atoms in total. The summed E-state index contributed by atoms with van der Waals surface area (Å²) in [5.41, 5.74) is 0. The summed E-state index contributed by atoms with van der Waals surface area (Å²) >= 11 is 0. The van der Waals surface area contributed by atoms with Crippen molar-refractivity contribution in [1.82, 2.24) is 0 Å². The van der Waals surface area contributed by atoms with E-state index in [1.165, 1.54) is 0 Å². The Labute approximate surface area is 55.1 Å². The minimum absolute atomic E-state index is 0.525. The molecule has 0 N–H and O–H groups in total. The minimum atomic E-state index is 0.525. The third-order valence-electron chi connectivity index (χ3n) is 2.11. The lowest BCUT2D eigenvalue weighted by molar-refractivity contribution is -0.120. The molecule has 0 aromatic rings. The molecule has 2 aliphatic heterocycles. The Bertz CT molecular complexity index is 83.1. The largest absolute Gasteiger partial charge is 0.378 e. The summed E-state index contributed by atoms with van der Waals surface area (Å²) in [6, 6.07) is 0. The predicted octanol–water partition coefficient (Wildman–Crippen LogP) is 0.954. The van der Waals surface area contributed by atoms with Gasteiger partial charge in [-0.25, -0.2) is 0 Å². The summed E-state index contributed by atoms with van der Waals surface area (Å²) in [7, 11) is 0. The van der Waals surface area contributed by atoms with Gasteiger partial charge in [0.05, 0.1) is 12.2 Å². The van der Waals surface area contributed by atoms with Crippen LogP contribution in [-0.2, 0) is 9.47 Å². The molecule has 2 bridgehead atoms. The van der Waals surface area contributed by atoms with Crippen molar-refractivity contribution in [1.29, 1.82) is 0 Å². The first-order valence-electron chi connectivity index (χ1n) is 3.68. The van der Waals surface area contributed by atoms with Crippen LogP contribution in [-0.4, -0.2) is 25.4 Å². The smallest absolute Gasteiger partial charge is 0.0621 e. The lowest BCUT2D eigenvalue weighted by atomic mass is 10.0. The maximum Gasteiger partial charge on any atom is 0.0621 e. The topological polar surface area (TPSA) is 18.5 Å². The van der Waals surface area contributed by atoms with E-state index in [9.17, 15) is 0 Å². The van der Waals surface area contributed by atoms with Gasteiger partial charge in [0.1, 0.15) is 0 Å². The van der Waals surface area contributed by atoms with Crippen LogP contribution in [0.4, 0.5) is 0 Å². The summed E-state index contributed by atoms with van der Waals surface area (Å²) in [6.07, 6.45) is 4.41. The third-order valence-corrected chi connectivity index (χ3v) is 2.11. The van der Waals surface area contributed by atoms with Crippen LogP contribution in [0.5, 0.6) is 0 Å². The number of ether oxygens (including phenoxy) is 2. The van der Waals surface area contributed by atoms with E-state index in [0.29, 0.717) is 12.2 Å². The molecule has 0 aromatic heterocycles. The molecule has 2 rings (SSSR count). The van der Waals surface area contributed by atoms with E-state index in [2.05, 4.69) is 0 Å². The summed E-state index contributed by atoms with van der Waals surface area (Å²) in [5.74, 6) is 0. The summed E-state index contributed by atoms with van der Waals surface area (Å²) in [6.45, 7) is 1.82. The van der Waals surface area contributed by atoms with Crippen molar-refractivity contribution in [2.24, 2.45) is 0 Å². The molecule has 2 heteroatoms. The highest BCUT2D eigenvalue weighted by molar-refractivity contribution is 4.75. The van der Waals surface area contributed by atoms with Gasteiger partial charge in [0, 0.05) is 13.2 Å². The average molecular weight is 128 g/mol. The van der Waals surface area contributed by atoms with E-state index in [4.69, 9.17) is 9.47 Å². The van der Waals surface area contributed by atoms with Crippen LogP contribution in [0.25, 0.3) is 0 Å². The fourth-order valence-corrected chi connectivity index (χ4v) is 1.56. The maximum absolute atomic E-state index is 5.47. The molecule has 9 heavy (non-hydrogen) atoms. The van der Waals surface area contributed by atoms with Crippen LogP contribution in [0.2, 0.25) is 0 Å². The van der Waals surface area contributed by atoms with Crippen LogP contribution in [0.1, 0.15) is 19.3 Å². The van der Waals surface area contributed by atoms with Gasteiger partial charge in [-0.1, -0.05) is 0 Å². The average Bonchev–Trinajstić information content (AvgIpc) is 1.88. The van der Waals surface area contributed by atoms with E-state index in [0.717, 1.165) is 32.5 Å². The van der Waals surface area contributed by atoms with Crippen molar-refractivity contribution in [3.8, 4) is 0 Å². The van der Waals surface area contributed by atoms with E-state index < -0.39 is 0 Å². The molecule has 2 fully saturated rings. The van der Waals surface area contributed by atoms with Crippen LogP contribution in [0.3, 0.4) is 0 Å². The monoisotopic (exact) mass is 128 g/mol. The Morgan fingerprint density at radius 1 is 0.889 bits per heavy atom. The fraction of sp³-hybridized carbons (Fsp3) is 1.00. The SMILES string of the molecule is C1C[C@@H]2CC(CCO2)O1. The molecule has 2 saturated heterocycles. The lowest BCUT2D eigenvalue weighted by Gasteiger charge is -2.34. The summed E-state index contributed by atoms with van der Waals surface area (Å²) in [5, 5.41) is 0. The molecule has 0 aliphatic carbocycles. The van der Waals surface area contributed by atoms with Gasteiger partial charge in [0.15, 0.2) is 0 Å². The van der Waals surface area contributed by atoms with Crippen molar-refractivity contribution in [3.05, 3.63) is 0 Å². The predicted molar refractivity (Wildman–Crippen MR) is 33.3 cm³/mol.